The summed E-state index contributed by atoms with van der Waals surface area (Å²) in [7, 11) is 2.57. The zero-order valence-corrected chi connectivity index (χ0v) is 13.6. The summed E-state index contributed by atoms with van der Waals surface area (Å²) in [6.07, 6.45) is 0. The Bertz CT molecular complexity index is 838. The molecule has 0 saturated heterocycles. The number of nitro groups is 1. The molecule has 8 heteroatoms. The summed E-state index contributed by atoms with van der Waals surface area (Å²) in [5.74, 6) is -1.84. The summed E-state index contributed by atoms with van der Waals surface area (Å²) in [5, 5.41) is 11.0. The Hall–Kier alpha value is -3.29. The number of ether oxygens (including phenoxy) is 1. The van der Waals surface area contributed by atoms with Crippen molar-refractivity contribution >= 4 is 17.6 Å². The van der Waals surface area contributed by atoms with Crippen molar-refractivity contribution in [2.75, 3.05) is 14.2 Å². The van der Waals surface area contributed by atoms with Crippen LogP contribution in [0.5, 0.6) is 0 Å². The van der Waals surface area contributed by atoms with Gasteiger partial charge in [0.1, 0.15) is 5.82 Å². The van der Waals surface area contributed by atoms with Gasteiger partial charge in [-0.15, -0.1) is 0 Å². The minimum atomic E-state index is -0.797. The normalized spacial score (nSPS) is 10.2. The van der Waals surface area contributed by atoms with E-state index in [0.717, 1.165) is 19.2 Å². The summed E-state index contributed by atoms with van der Waals surface area (Å²) >= 11 is 0. The average Bonchev–Trinajstić information content (AvgIpc) is 2.61. The summed E-state index contributed by atoms with van der Waals surface area (Å²) < 4.78 is 18.3. The first-order valence-electron chi connectivity index (χ1n) is 7.20. The highest BCUT2D eigenvalue weighted by Gasteiger charge is 2.21. The molecule has 0 atom stereocenters. The average molecular weight is 346 g/mol. The number of non-ortho nitro benzene ring substituents is 1. The van der Waals surface area contributed by atoms with E-state index in [1.807, 2.05) is 0 Å². The molecular formula is C17H15FN2O5. The van der Waals surface area contributed by atoms with E-state index in [1.165, 1.54) is 36.2 Å². The molecule has 0 heterocycles. The molecule has 0 aliphatic carbocycles. The number of carbonyl (C=O) groups excluding carboxylic acids is 2. The van der Waals surface area contributed by atoms with Crippen molar-refractivity contribution in [3.8, 4) is 0 Å². The fourth-order valence-electron chi connectivity index (χ4n) is 2.25. The lowest BCUT2D eigenvalue weighted by Crippen LogP contribution is -2.27. The molecular weight excluding hydrogens is 331 g/mol. The number of methoxy groups -OCH3 is 1. The Morgan fingerprint density at radius 1 is 1.20 bits per heavy atom. The molecule has 0 fully saturated rings. The van der Waals surface area contributed by atoms with Gasteiger partial charge in [0.2, 0.25) is 0 Å². The number of hydrogen-bond acceptors (Lipinski definition) is 5. The molecule has 0 aliphatic heterocycles. The maximum atomic E-state index is 13.7. The van der Waals surface area contributed by atoms with Crippen LogP contribution in [0.15, 0.2) is 42.5 Å². The molecule has 2 aromatic carbocycles. The lowest BCUT2D eigenvalue weighted by atomic mass is 10.1. The van der Waals surface area contributed by atoms with E-state index in [0.29, 0.717) is 5.56 Å². The largest absolute Gasteiger partial charge is 0.465 e. The lowest BCUT2D eigenvalue weighted by molar-refractivity contribution is -0.384. The van der Waals surface area contributed by atoms with Crippen LogP contribution >= 0.6 is 0 Å². The number of nitro benzene ring substituents is 1. The van der Waals surface area contributed by atoms with E-state index in [-0.39, 0.29) is 17.7 Å². The van der Waals surface area contributed by atoms with Gasteiger partial charge in [0.25, 0.3) is 11.6 Å². The molecule has 0 saturated carbocycles. The van der Waals surface area contributed by atoms with E-state index in [1.54, 1.807) is 6.07 Å². The Morgan fingerprint density at radius 3 is 2.44 bits per heavy atom. The Morgan fingerprint density at radius 2 is 1.84 bits per heavy atom. The van der Waals surface area contributed by atoms with Crippen molar-refractivity contribution in [3.05, 3.63) is 75.1 Å². The van der Waals surface area contributed by atoms with Gasteiger partial charge in [0.15, 0.2) is 0 Å². The van der Waals surface area contributed by atoms with Gasteiger partial charge in [-0.3, -0.25) is 14.9 Å². The van der Waals surface area contributed by atoms with Crippen LogP contribution in [0.1, 0.15) is 26.3 Å². The van der Waals surface area contributed by atoms with Crippen LogP contribution in [0, 0.1) is 15.9 Å². The first-order chi connectivity index (χ1) is 11.8. The molecule has 0 radical (unpaired) electrons. The standard InChI is InChI=1S/C17H15FN2O5/c1-19(10-11-5-3-4-6-15(11)18)16(21)12-7-13(17(22)25-2)9-14(8-12)20(23)24/h3-9H,10H2,1-2H3. The minimum Gasteiger partial charge on any atom is -0.465 e. The molecule has 1 amide bonds. The highest BCUT2D eigenvalue weighted by molar-refractivity contribution is 5.98. The zero-order chi connectivity index (χ0) is 18.6. The van der Waals surface area contributed by atoms with Gasteiger partial charge < -0.3 is 9.64 Å². The fraction of sp³-hybridized carbons (Fsp3) is 0.176. The second kappa shape index (κ2) is 7.52. The number of hydrogen-bond donors (Lipinski definition) is 0. The van der Waals surface area contributed by atoms with Crippen molar-refractivity contribution in [3.63, 3.8) is 0 Å². The van der Waals surface area contributed by atoms with Gasteiger partial charge >= 0.3 is 5.97 Å². The highest BCUT2D eigenvalue weighted by atomic mass is 19.1. The molecule has 2 rings (SSSR count). The van der Waals surface area contributed by atoms with Crippen molar-refractivity contribution < 1.29 is 23.6 Å². The summed E-state index contributed by atoms with van der Waals surface area (Å²) in [4.78, 5) is 35.7. The van der Waals surface area contributed by atoms with E-state index in [4.69, 9.17) is 0 Å². The molecule has 2 aromatic rings. The van der Waals surface area contributed by atoms with Gasteiger partial charge in [0.05, 0.1) is 17.6 Å². The number of amides is 1. The monoisotopic (exact) mass is 346 g/mol. The Balaban J connectivity index is 2.34. The molecule has 0 aliphatic rings. The van der Waals surface area contributed by atoms with E-state index >= 15 is 0 Å². The molecule has 25 heavy (non-hydrogen) atoms. The maximum absolute atomic E-state index is 13.7. The van der Waals surface area contributed by atoms with Crippen LogP contribution in [0.25, 0.3) is 0 Å². The molecule has 7 nitrogen and oxygen atoms in total. The molecule has 0 spiro atoms. The number of benzene rings is 2. The van der Waals surface area contributed by atoms with Crippen molar-refractivity contribution in [2.24, 2.45) is 0 Å². The first kappa shape index (κ1) is 18.1. The van der Waals surface area contributed by atoms with Crippen molar-refractivity contribution in [1.82, 2.24) is 4.90 Å². The Labute approximate surface area is 142 Å². The van der Waals surface area contributed by atoms with E-state index < -0.39 is 28.3 Å². The zero-order valence-electron chi connectivity index (χ0n) is 13.6. The van der Waals surface area contributed by atoms with Crippen LogP contribution in [0.3, 0.4) is 0 Å². The van der Waals surface area contributed by atoms with Crippen LogP contribution in [-0.4, -0.2) is 35.9 Å². The minimum absolute atomic E-state index is 0.0260. The second-order valence-corrected chi connectivity index (χ2v) is 5.27. The van der Waals surface area contributed by atoms with Gasteiger partial charge in [-0.25, -0.2) is 9.18 Å². The Kier molecular flexibility index (Phi) is 5.43. The van der Waals surface area contributed by atoms with Crippen LogP contribution in [0.2, 0.25) is 0 Å². The summed E-state index contributed by atoms with van der Waals surface area (Å²) in [5.41, 5.74) is -0.282. The summed E-state index contributed by atoms with van der Waals surface area (Å²) in [6, 6.07) is 9.28. The number of carbonyl (C=O) groups is 2. The number of esters is 1. The first-order valence-corrected chi connectivity index (χ1v) is 7.20. The third-order valence-corrected chi connectivity index (χ3v) is 3.51. The van der Waals surface area contributed by atoms with Gasteiger partial charge in [-0.1, -0.05) is 18.2 Å². The number of halogens is 1. The molecule has 0 N–H and O–H groups in total. The van der Waals surface area contributed by atoms with Crippen LogP contribution in [-0.2, 0) is 11.3 Å². The van der Waals surface area contributed by atoms with Gasteiger partial charge in [0, 0.05) is 36.9 Å². The molecule has 0 unspecified atom stereocenters. The van der Waals surface area contributed by atoms with E-state index in [2.05, 4.69) is 4.74 Å². The lowest BCUT2D eigenvalue weighted by Gasteiger charge is -2.18. The number of nitrogens with zero attached hydrogens (tertiary/aromatic N) is 2. The third kappa shape index (κ3) is 4.17. The predicted octanol–water partition coefficient (Wildman–Crippen LogP) is 2.79. The highest BCUT2D eigenvalue weighted by Crippen LogP contribution is 2.20. The molecule has 0 aromatic heterocycles. The SMILES string of the molecule is COC(=O)c1cc(C(=O)N(C)Cc2ccccc2F)cc([N+](=O)[O-])c1. The predicted molar refractivity (Wildman–Crippen MR) is 86.6 cm³/mol. The van der Waals surface area contributed by atoms with Crippen molar-refractivity contribution in [2.45, 2.75) is 6.54 Å². The fourth-order valence-corrected chi connectivity index (χ4v) is 2.25. The molecule has 0 bridgehead atoms. The topological polar surface area (TPSA) is 89.8 Å². The molecule has 130 valence electrons. The third-order valence-electron chi connectivity index (χ3n) is 3.51. The number of rotatable bonds is 5. The maximum Gasteiger partial charge on any atom is 0.338 e. The van der Waals surface area contributed by atoms with Crippen LogP contribution in [0.4, 0.5) is 10.1 Å². The summed E-state index contributed by atoms with van der Waals surface area (Å²) in [6.45, 7) is -0.0260. The van der Waals surface area contributed by atoms with Gasteiger partial charge in [-0.05, 0) is 12.1 Å². The second-order valence-electron chi connectivity index (χ2n) is 5.27. The quantitative estimate of drug-likeness (QED) is 0.472. The smallest absolute Gasteiger partial charge is 0.338 e. The van der Waals surface area contributed by atoms with E-state index in [9.17, 15) is 24.1 Å². The van der Waals surface area contributed by atoms with Crippen molar-refractivity contribution in [1.29, 1.82) is 0 Å². The van der Waals surface area contributed by atoms with Crippen LogP contribution < -0.4 is 0 Å². The van der Waals surface area contributed by atoms with Gasteiger partial charge in [-0.2, -0.15) is 0 Å².